The Hall–Kier alpha value is -1.92. The number of carboxylic acid groups (broad SMARTS) is 1. The molecule has 4 N–H and O–H groups in total. The highest BCUT2D eigenvalue weighted by Crippen LogP contribution is 2.15. The number of carboxylic acids is 1. The van der Waals surface area contributed by atoms with Crippen molar-refractivity contribution in [2.45, 2.75) is 38.0 Å². The topological polar surface area (TPSA) is 98.7 Å². The Bertz CT molecular complexity index is 464. The predicted octanol–water partition coefficient (Wildman–Crippen LogP) is 0.677. The van der Waals surface area contributed by atoms with Crippen LogP contribution in [-0.2, 0) is 9.59 Å². The van der Waals surface area contributed by atoms with Gasteiger partial charge in [0.25, 0.3) is 0 Å². The average Bonchev–Trinajstić information content (AvgIpc) is 2.94. The lowest BCUT2D eigenvalue weighted by Gasteiger charge is -2.17. The van der Waals surface area contributed by atoms with Gasteiger partial charge in [0.2, 0.25) is 5.91 Å². The summed E-state index contributed by atoms with van der Waals surface area (Å²) in [6.07, 6.45) is 0.349. The van der Waals surface area contributed by atoms with Crippen LogP contribution in [0.2, 0.25) is 0 Å². The molecule has 1 aromatic rings. The Morgan fingerprint density at radius 3 is 2.38 bits per heavy atom. The van der Waals surface area contributed by atoms with Gasteiger partial charge in [-0.05, 0) is 26.0 Å². The molecule has 1 aliphatic heterocycles. The lowest BCUT2D eigenvalue weighted by molar-refractivity contribution is -0.140. The average molecular weight is 294 g/mol. The van der Waals surface area contributed by atoms with Gasteiger partial charge in [0.1, 0.15) is 6.04 Å². The quantitative estimate of drug-likeness (QED) is 0.654. The molecule has 21 heavy (non-hydrogen) atoms. The molecule has 116 valence electrons. The Kier molecular flexibility index (Phi) is 6.84. The summed E-state index contributed by atoms with van der Waals surface area (Å²) >= 11 is 0. The number of rotatable bonds is 4. The summed E-state index contributed by atoms with van der Waals surface area (Å²) in [7, 11) is 1.84. The normalized spacial score (nSPS) is 20.0. The van der Waals surface area contributed by atoms with Crippen molar-refractivity contribution in [3.8, 4) is 0 Å². The number of benzene rings is 1. The Morgan fingerprint density at radius 2 is 2.00 bits per heavy atom. The van der Waals surface area contributed by atoms with Gasteiger partial charge in [0.05, 0.1) is 6.10 Å². The van der Waals surface area contributed by atoms with Crippen LogP contribution in [0.5, 0.6) is 0 Å². The first-order valence-electron chi connectivity index (χ1n) is 6.88. The highest BCUT2D eigenvalue weighted by atomic mass is 16.4. The van der Waals surface area contributed by atoms with E-state index in [1.54, 1.807) is 0 Å². The van der Waals surface area contributed by atoms with Crippen molar-refractivity contribution in [1.29, 1.82) is 0 Å². The van der Waals surface area contributed by atoms with Gasteiger partial charge in [-0.2, -0.15) is 0 Å². The van der Waals surface area contributed by atoms with Crippen molar-refractivity contribution in [3.63, 3.8) is 0 Å². The number of hydrogen-bond acceptors (Lipinski definition) is 4. The number of aliphatic carboxylic acids is 1. The van der Waals surface area contributed by atoms with Crippen LogP contribution < -0.4 is 10.6 Å². The Morgan fingerprint density at radius 1 is 1.38 bits per heavy atom. The summed E-state index contributed by atoms with van der Waals surface area (Å²) in [5.74, 6) is -1.11. The molecule has 6 heteroatoms. The molecule has 0 spiro atoms. The van der Waals surface area contributed by atoms with Crippen molar-refractivity contribution < 1.29 is 19.8 Å². The monoisotopic (exact) mass is 294 g/mol. The predicted molar refractivity (Wildman–Crippen MR) is 78.7 cm³/mol. The third-order valence-electron chi connectivity index (χ3n) is 3.36. The van der Waals surface area contributed by atoms with Crippen molar-refractivity contribution in [3.05, 3.63) is 35.9 Å². The molecule has 0 aliphatic carbocycles. The molecule has 1 saturated heterocycles. The first kappa shape index (κ1) is 17.1. The maximum atomic E-state index is 10.4. The van der Waals surface area contributed by atoms with Gasteiger partial charge in [-0.15, -0.1) is 0 Å². The standard InChI is InChI=1S/C10H15NO.C5H7NO3/c1-8(11-2)10(12)9-6-4-3-5-7-9;7-4-2-1-3(6-4)5(8)9/h3-8,10-12H,1-2H3;3H,1-2H2,(H,6,7)(H,8,9)/t8-,10-;3-/m00/s1. The van der Waals surface area contributed by atoms with Crippen LogP contribution in [0.25, 0.3) is 0 Å². The smallest absolute Gasteiger partial charge is 0.326 e. The third kappa shape index (κ3) is 5.53. The summed E-state index contributed by atoms with van der Waals surface area (Å²) in [5, 5.41) is 23.4. The number of likely N-dealkylation sites (N-methyl/N-ethyl adjacent to an activating group) is 1. The first-order chi connectivity index (χ1) is 9.95. The van der Waals surface area contributed by atoms with E-state index in [2.05, 4.69) is 10.6 Å². The first-order valence-corrected chi connectivity index (χ1v) is 6.88. The minimum Gasteiger partial charge on any atom is -0.480 e. The molecule has 1 fully saturated rings. The number of hydrogen-bond donors (Lipinski definition) is 4. The van der Waals surface area contributed by atoms with E-state index in [9.17, 15) is 14.7 Å². The van der Waals surface area contributed by atoms with Gasteiger partial charge in [-0.3, -0.25) is 4.79 Å². The second-order valence-electron chi connectivity index (χ2n) is 4.93. The van der Waals surface area contributed by atoms with Crippen LogP contribution in [0, 0.1) is 0 Å². The molecule has 1 amide bonds. The maximum Gasteiger partial charge on any atom is 0.326 e. The fourth-order valence-electron chi connectivity index (χ4n) is 1.90. The summed E-state index contributed by atoms with van der Waals surface area (Å²) in [5.41, 5.74) is 0.958. The fourth-order valence-corrected chi connectivity index (χ4v) is 1.90. The second-order valence-corrected chi connectivity index (χ2v) is 4.93. The van der Waals surface area contributed by atoms with Crippen molar-refractivity contribution in [2.75, 3.05) is 7.05 Å². The highest BCUT2D eigenvalue weighted by molar-refractivity contribution is 5.87. The van der Waals surface area contributed by atoms with E-state index in [-0.39, 0.29) is 11.9 Å². The SMILES string of the molecule is CN[C@@H](C)[C@H](O)c1ccccc1.O=C1CC[C@@H](C(=O)O)N1. The van der Waals surface area contributed by atoms with E-state index in [0.29, 0.717) is 12.8 Å². The number of aliphatic hydroxyl groups is 1. The van der Waals surface area contributed by atoms with Gasteiger partial charge in [-0.1, -0.05) is 30.3 Å². The van der Waals surface area contributed by atoms with Gasteiger partial charge < -0.3 is 20.8 Å². The minimum absolute atomic E-state index is 0.0902. The van der Waals surface area contributed by atoms with Crippen LogP contribution in [-0.4, -0.2) is 41.2 Å². The molecule has 0 bridgehead atoms. The Labute approximate surface area is 124 Å². The molecule has 1 heterocycles. The van der Waals surface area contributed by atoms with E-state index in [4.69, 9.17) is 5.11 Å². The van der Waals surface area contributed by atoms with Crippen LogP contribution in [0.1, 0.15) is 31.4 Å². The van der Waals surface area contributed by atoms with E-state index in [0.717, 1.165) is 5.56 Å². The third-order valence-corrected chi connectivity index (χ3v) is 3.36. The summed E-state index contributed by atoms with van der Waals surface area (Å²) in [6, 6.07) is 9.11. The van der Waals surface area contributed by atoms with Crippen molar-refractivity contribution >= 4 is 11.9 Å². The molecular formula is C15H22N2O4. The van der Waals surface area contributed by atoms with Crippen LogP contribution in [0.4, 0.5) is 0 Å². The summed E-state index contributed by atoms with van der Waals surface area (Å²) in [6.45, 7) is 1.96. The second kappa shape index (κ2) is 8.39. The lowest BCUT2D eigenvalue weighted by Crippen LogP contribution is -2.32. The molecule has 1 aliphatic rings. The zero-order valence-electron chi connectivity index (χ0n) is 12.2. The van der Waals surface area contributed by atoms with Crippen molar-refractivity contribution in [1.82, 2.24) is 10.6 Å². The van der Waals surface area contributed by atoms with E-state index in [1.165, 1.54) is 0 Å². The van der Waals surface area contributed by atoms with Crippen LogP contribution in [0.3, 0.4) is 0 Å². The zero-order chi connectivity index (χ0) is 15.8. The van der Waals surface area contributed by atoms with Crippen molar-refractivity contribution in [2.24, 2.45) is 0 Å². The number of amides is 1. The lowest BCUT2D eigenvalue weighted by atomic mass is 10.0. The van der Waals surface area contributed by atoms with E-state index < -0.39 is 18.1 Å². The number of aliphatic hydroxyl groups excluding tert-OH is 1. The maximum absolute atomic E-state index is 10.4. The van der Waals surface area contributed by atoms with Gasteiger partial charge in [0.15, 0.2) is 0 Å². The summed E-state index contributed by atoms with van der Waals surface area (Å²) < 4.78 is 0. The molecule has 0 unspecified atom stereocenters. The fraction of sp³-hybridized carbons (Fsp3) is 0.467. The van der Waals surface area contributed by atoms with Gasteiger partial charge in [0, 0.05) is 12.5 Å². The highest BCUT2D eigenvalue weighted by Gasteiger charge is 2.26. The minimum atomic E-state index is -0.944. The molecule has 6 nitrogen and oxygen atoms in total. The Balaban J connectivity index is 0.000000219. The van der Waals surface area contributed by atoms with Gasteiger partial charge >= 0.3 is 5.97 Å². The van der Waals surface area contributed by atoms with E-state index >= 15 is 0 Å². The van der Waals surface area contributed by atoms with Gasteiger partial charge in [-0.25, -0.2) is 4.79 Å². The zero-order valence-corrected chi connectivity index (χ0v) is 12.2. The largest absolute Gasteiger partial charge is 0.480 e. The molecule has 0 saturated carbocycles. The molecule has 0 radical (unpaired) electrons. The number of carbonyl (C=O) groups excluding carboxylic acids is 1. The van der Waals surface area contributed by atoms with Crippen LogP contribution >= 0.6 is 0 Å². The number of nitrogens with one attached hydrogen (secondary N) is 2. The molecule has 1 aromatic carbocycles. The molecule has 0 aromatic heterocycles. The molecule has 2 rings (SSSR count). The van der Waals surface area contributed by atoms with Crippen LogP contribution in [0.15, 0.2) is 30.3 Å². The number of carbonyl (C=O) groups is 2. The molecule has 3 atom stereocenters. The van der Waals surface area contributed by atoms with E-state index in [1.807, 2.05) is 44.3 Å². The molecular weight excluding hydrogens is 272 g/mol. The summed E-state index contributed by atoms with van der Waals surface area (Å²) in [4.78, 5) is 20.5.